The maximum absolute atomic E-state index is 12.6. The highest BCUT2D eigenvalue weighted by atomic mass is 32.2. The molecule has 0 unspecified atom stereocenters. The molecule has 34 heavy (non-hydrogen) atoms. The lowest BCUT2D eigenvalue weighted by atomic mass is 10.1. The Morgan fingerprint density at radius 1 is 0.853 bits per heavy atom. The second-order valence-electron chi connectivity index (χ2n) is 6.79. The fourth-order valence-electron chi connectivity index (χ4n) is 2.61. The second kappa shape index (κ2) is 11.0. The molecule has 7 nitrogen and oxygen atoms in total. The van der Waals surface area contributed by atoms with Gasteiger partial charge in [-0.15, -0.1) is 0 Å². The molecular weight excluding hydrogens is 518 g/mol. The highest BCUT2D eigenvalue weighted by Gasteiger charge is 2.38. The first-order valence-corrected chi connectivity index (χ1v) is 11.9. The maximum Gasteiger partial charge on any atom is 0.417 e. The van der Waals surface area contributed by atoms with Crippen LogP contribution in [0.15, 0.2) is 52.3 Å². The monoisotopic (exact) mass is 538 g/mol. The van der Waals surface area contributed by atoms with Gasteiger partial charge >= 0.3 is 12.4 Å². The molecule has 192 valence electrons. The van der Waals surface area contributed by atoms with Crippen LogP contribution >= 0.6 is 0 Å². The number of hydrogen-bond acceptors (Lipinski definition) is 6. The highest BCUT2D eigenvalue weighted by Crippen LogP contribution is 2.36. The van der Waals surface area contributed by atoms with E-state index in [9.17, 15) is 43.2 Å². The number of halogens is 6. The van der Waals surface area contributed by atoms with E-state index in [0.29, 0.717) is 12.1 Å². The summed E-state index contributed by atoms with van der Waals surface area (Å²) in [5.74, 6) is 0. The Kier molecular flexibility index (Phi) is 9.68. The molecule has 0 aromatic heterocycles. The van der Waals surface area contributed by atoms with Crippen molar-refractivity contribution in [3.05, 3.63) is 59.2 Å². The van der Waals surface area contributed by atoms with Crippen LogP contribution < -0.4 is 0 Å². The van der Waals surface area contributed by atoms with Gasteiger partial charge in [-0.3, -0.25) is 8.74 Å². The van der Waals surface area contributed by atoms with Crippen molar-refractivity contribution in [2.75, 3.05) is 7.11 Å². The highest BCUT2D eigenvalue weighted by molar-refractivity contribution is 7.87. The van der Waals surface area contributed by atoms with Gasteiger partial charge in [-0.25, -0.2) is 0 Å². The van der Waals surface area contributed by atoms with E-state index in [2.05, 4.69) is 8.92 Å². The first-order chi connectivity index (χ1) is 15.3. The number of hydrogen-bond donors (Lipinski definition) is 1. The molecule has 0 bridgehead atoms. The summed E-state index contributed by atoms with van der Waals surface area (Å²) in [6, 6.07) is 6.69. The molecule has 0 amide bonds. The largest absolute Gasteiger partial charge is 0.417 e. The van der Waals surface area contributed by atoms with Crippen LogP contribution in [0, 0.1) is 0 Å². The first kappa shape index (κ1) is 29.8. The Balaban J connectivity index is 0.000000340. The molecular formula is C19H20F6O7S2. The van der Waals surface area contributed by atoms with E-state index >= 15 is 0 Å². The molecule has 0 aliphatic rings. The summed E-state index contributed by atoms with van der Waals surface area (Å²) in [5.41, 5.74) is -2.87. The molecule has 2 aromatic rings. The van der Waals surface area contributed by atoms with E-state index in [1.807, 2.05) is 0 Å². The Bertz CT molecular complexity index is 1190. The van der Waals surface area contributed by atoms with Gasteiger partial charge in [0.2, 0.25) is 0 Å². The van der Waals surface area contributed by atoms with Crippen LogP contribution in [0.4, 0.5) is 26.3 Å². The average molecular weight is 538 g/mol. The lowest BCUT2D eigenvalue weighted by Crippen LogP contribution is -2.17. The molecule has 0 aliphatic carbocycles. The molecule has 0 atom stereocenters. The van der Waals surface area contributed by atoms with Crippen molar-refractivity contribution in [3.63, 3.8) is 0 Å². The van der Waals surface area contributed by atoms with E-state index in [1.54, 1.807) is 0 Å². The maximum atomic E-state index is 12.6. The van der Waals surface area contributed by atoms with Crippen LogP contribution in [-0.2, 0) is 48.1 Å². The van der Waals surface area contributed by atoms with Crippen molar-refractivity contribution in [2.24, 2.45) is 0 Å². The molecule has 0 saturated carbocycles. The van der Waals surface area contributed by atoms with Gasteiger partial charge in [0.1, 0.15) is 9.79 Å². The predicted molar refractivity (Wildman–Crippen MR) is 107 cm³/mol. The third kappa shape index (κ3) is 8.23. The van der Waals surface area contributed by atoms with Crippen LogP contribution in [-0.4, -0.2) is 34.6 Å². The van der Waals surface area contributed by atoms with Crippen molar-refractivity contribution in [3.8, 4) is 0 Å². The minimum Gasteiger partial charge on any atom is -0.380 e. The van der Waals surface area contributed by atoms with Crippen molar-refractivity contribution >= 4 is 20.2 Å². The molecule has 0 heterocycles. The second-order valence-corrected chi connectivity index (χ2v) is 9.69. The van der Waals surface area contributed by atoms with Gasteiger partial charge in [-0.1, -0.05) is 24.3 Å². The van der Waals surface area contributed by atoms with Crippen LogP contribution in [0.3, 0.4) is 0 Å². The molecule has 0 radical (unpaired) electrons. The van der Waals surface area contributed by atoms with Gasteiger partial charge in [0.05, 0.1) is 23.8 Å². The Labute approximate surface area is 192 Å². The molecule has 2 rings (SSSR count). The zero-order chi connectivity index (χ0) is 26.5. The predicted octanol–water partition coefficient (Wildman–Crippen LogP) is 4.92. The molecule has 0 saturated heterocycles. The van der Waals surface area contributed by atoms with E-state index < -0.39 is 59.6 Å². The normalized spacial score (nSPS) is 12.9. The van der Waals surface area contributed by atoms with Crippen LogP contribution in [0.25, 0.3) is 0 Å². The fourth-order valence-corrected chi connectivity index (χ4v) is 4.83. The lowest BCUT2D eigenvalue weighted by molar-refractivity contribution is -0.140. The summed E-state index contributed by atoms with van der Waals surface area (Å²) in [6.45, 7) is 2.50. The van der Waals surface area contributed by atoms with Crippen molar-refractivity contribution < 1.29 is 56.7 Å². The SMILES string of the molecule is CC(C)OS(=O)(=O)c1ccccc1C(F)(F)F.COCc1cccc(C(F)(F)F)c1S(=O)(=O)O. The van der Waals surface area contributed by atoms with E-state index in [1.165, 1.54) is 27.0 Å². The van der Waals surface area contributed by atoms with E-state index in [0.717, 1.165) is 24.3 Å². The molecule has 0 spiro atoms. The molecule has 1 N–H and O–H groups in total. The van der Waals surface area contributed by atoms with Crippen LogP contribution in [0.2, 0.25) is 0 Å². The van der Waals surface area contributed by atoms with Gasteiger partial charge < -0.3 is 4.74 Å². The van der Waals surface area contributed by atoms with Gasteiger partial charge in [-0.2, -0.15) is 43.2 Å². The number of alkyl halides is 6. The third-order valence-electron chi connectivity index (χ3n) is 3.74. The van der Waals surface area contributed by atoms with Crippen molar-refractivity contribution in [1.29, 1.82) is 0 Å². The minimum absolute atomic E-state index is 0.246. The Morgan fingerprint density at radius 2 is 1.35 bits per heavy atom. The number of methoxy groups -OCH3 is 1. The standard InChI is InChI=1S/C10H11F3O3S.C9H9F3O4S/c1-7(2)16-17(14,15)9-6-4-3-5-8(9)10(11,12)13;1-16-5-6-3-2-4-7(9(10,11)12)8(6)17(13,14)15/h3-7H,1-2H3;2-4H,5H2,1H3,(H,13,14,15). The quantitative estimate of drug-likeness (QED) is 0.316. The third-order valence-corrected chi connectivity index (χ3v) is 6.27. The molecule has 15 heteroatoms. The zero-order valence-electron chi connectivity index (χ0n) is 17.8. The van der Waals surface area contributed by atoms with Crippen molar-refractivity contribution in [2.45, 2.75) is 48.7 Å². The Hall–Kier alpha value is -2.20. The van der Waals surface area contributed by atoms with E-state index in [-0.39, 0.29) is 12.2 Å². The average Bonchev–Trinajstić information content (AvgIpc) is 2.65. The summed E-state index contributed by atoms with van der Waals surface area (Å²) < 4.78 is 139. The van der Waals surface area contributed by atoms with Crippen LogP contribution in [0.1, 0.15) is 30.5 Å². The topological polar surface area (TPSA) is 107 Å². The number of rotatable bonds is 6. The number of benzene rings is 2. The summed E-state index contributed by atoms with van der Waals surface area (Å²) in [4.78, 5) is -2.02. The van der Waals surface area contributed by atoms with Gasteiger partial charge in [0, 0.05) is 7.11 Å². The number of ether oxygens (including phenoxy) is 1. The van der Waals surface area contributed by atoms with Gasteiger partial charge in [0.15, 0.2) is 0 Å². The summed E-state index contributed by atoms with van der Waals surface area (Å²) in [7, 11) is -8.16. The Morgan fingerprint density at radius 3 is 1.79 bits per heavy atom. The van der Waals surface area contributed by atoms with Crippen molar-refractivity contribution in [1.82, 2.24) is 0 Å². The minimum atomic E-state index is -4.97. The fraction of sp³-hybridized carbons (Fsp3) is 0.368. The van der Waals surface area contributed by atoms with Gasteiger partial charge in [0.25, 0.3) is 20.2 Å². The lowest BCUT2D eigenvalue weighted by Gasteiger charge is -2.14. The first-order valence-electron chi connectivity index (χ1n) is 9.07. The molecule has 2 aromatic carbocycles. The summed E-state index contributed by atoms with van der Waals surface area (Å²) in [6.07, 6.45) is -10.3. The summed E-state index contributed by atoms with van der Waals surface area (Å²) >= 11 is 0. The van der Waals surface area contributed by atoms with Gasteiger partial charge in [-0.05, 0) is 37.6 Å². The smallest absolute Gasteiger partial charge is 0.380 e. The van der Waals surface area contributed by atoms with E-state index in [4.69, 9.17) is 4.55 Å². The zero-order valence-corrected chi connectivity index (χ0v) is 19.4. The molecule has 0 fully saturated rings. The van der Waals surface area contributed by atoms with Crippen LogP contribution in [0.5, 0.6) is 0 Å². The summed E-state index contributed by atoms with van der Waals surface area (Å²) in [5, 5.41) is 0. The molecule has 0 aliphatic heterocycles.